The Labute approximate surface area is 184 Å². The van der Waals surface area contributed by atoms with Crippen molar-refractivity contribution in [2.75, 3.05) is 0 Å². The summed E-state index contributed by atoms with van der Waals surface area (Å²) in [7, 11) is 0. The first-order valence-corrected chi connectivity index (χ1v) is 11.0. The van der Waals surface area contributed by atoms with Gasteiger partial charge in [0.1, 0.15) is 10.8 Å². The van der Waals surface area contributed by atoms with Crippen LogP contribution in [0.2, 0.25) is 0 Å². The standard InChI is InChI=1S/C25H21FN4S/c1-15-11-16(2)13-20(12-15)23-27-28-25-30(23)29-24(31-25)17(3)19-9-10-21(22(26)14-19)18-7-5-4-6-8-18/h4-14,17H,1-3H3/t17-/m1/s1. The average molecular weight is 429 g/mol. The van der Waals surface area contributed by atoms with Crippen LogP contribution >= 0.6 is 11.3 Å². The van der Waals surface area contributed by atoms with Crippen molar-refractivity contribution < 1.29 is 4.39 Å². The minimum Gasteiger partial charge on any atom is -0.206 e. The molecule has 4 nitrogen and oxygen atoms in total. The van der Waals surface area contributed by atoms with E-state index in [1.165, 1.54) is 22.5 Å². The molecule has 0 saturated heterocycles. The highest BCUT2D eigenvalue weighted by Gasteiger charge is 2.20. The zero-order valence-corrected chi connectivity index (χ0v) is 18.3. The second-order valence-corrected chi connectivity index (χ2v) is 8.85. The van der Waals surface area contributed by atoms with Crippen LogP contribution in [-0.4, -0.2) is 19.8 Å². The normalized spacial score (nSPS) is 12.4. The lowest BCUT2D eigenvalue weighted by Gasteiger charge is -2.11. The molecule has 0 aliphatic heterocycles. The first kappa shape index (κ1) is 19.6. The molecule has 154 valence electrons. The van der Waals surface area contributed by atoms with Crippen LogP contribution in [0.1, 0.15) is 34.5 Å². The predicted molar refractivity (Wildman–Crippen MR) is 123 cm³/mol. The van der Waals surface area contributed by atoms with Crippen LogP contribution in [0, 0.1) is 19.7 Å². The number of nitrogens with zero attached hydrogens (tertiary/aromatic N) is 4. The van der Waals surface area contributed by atoms with Crippen LogP contribution in [0.3, 0.4) is 0 Å². The summed E-state index contributed by atoms with van der Waals surface area (Å²) in [4.78, 5) is 0.734. The van der Waals surface area contributed by atoms with Gasteiger partial charge in [-0.05, 0) is 43.2 Å². The molecule has 5 aromatic rings. The fourth-order valence-electron chi connectivity index (χ4n) is 3.89. The lowest BCUT2D eigenvalue weighted by Crippen LogP contribution is -1.99. The topological polar surface area (TPSA) is 43.1 Å². The molecule has 0 aliphatic rings. The van der Waals surface area contributed by atoms with Crippen molar-refractivity contribution in [2.45, 2.75) is 26.7 Å². The van der Waals surface area contributed by atoms with E-state index >= 15 is 0 Å². The molecule has 0 amide bonds. The third-order valence-electron chi connectivity index (χ3n) is 5.43. The Hall–Kier alpha value is -3.38. The molecule has 2 heterocycles. The molecule has 0 spiro atoms. The van der Waals surface area contributed by atoms with Crippen LogP contribution in [0.5, 0.6) is 0 Å². The minimum atomic E-state index is -0.227. The fraction of sp³-hybridized carbons (Fsp3) is 0.160. The maximum Gasteiger partial charge on any atom is 0.234 e. The minimum absolute atomic E-state index is 0.0573. The highest BCUT2D eigenvalue weighted by molar-refractivity contribution is 7.16. The lowest BCUT2D eigenvalue weighted by atomic mass is 9.97. The van der Waals surface area contributed by atoms with E-state index in [2.05, 4.69) is 42.2 Å². The summed E-state index contributed by atoms with van der Waals surface area (Å²) in [6.07, 6.45) is 0. The van der Waals surface area contributed by atoms with E-state index in [1.807, 2.05) is 49.4 Å². The number of rotatable bonds is 4. The molecular formula is C25H21FN4S. The summed E-state index contributed by atoms with van der Waals surface area (Å²) in [6, 6.07) is 21.3. The Balaban J connectivity index is 1.50. The maximum atomic E-state index is 14.9. The molecule has 6 heteroatoms. The van der Waals surface area contributed by atoms with E-state index in [-0.39, 0.29) is 11.7 Å². The van der Waals surface area contributed by atoms with Crippen molar-refractivity contribution in [1.82, 2.24) is 19.8 Å². The van der Waals surface area contributed by atoms with E-state index in [4.69, 9.17) is 5.10 Å². The van der Waals surface area contributed by atoms with E-state index in [0.717, 1.165) is 32.5 Å². The molecular weight excluding hydrogens is 407 g/mol. The first-order valence-electron chi connectivity index (χ1n) is 10.2. The zero-order valence-electron chi connectivity index (χ0n) is 17.5. The summed E-state index contributed by atoms with van der Waals surface area (Å²) in [6.45, 7) is 6.17. The Morgan fingerprint density at radius 1 is 0.871 bits per heavy atom. The Morgan fingerprint density at radius 3 is 2.32 bits per heavy atom. The van der Waals surface area contributed by atoms with Crippen molar-refractivity contribution in [3.8, 4) is 22.5 Å². The van der Waals surface area contributed by atoms with Gasteiger partial charge in [-0.1, -0.05) is 77.9 Å². The number of benzene rings is 3. The van der Waals surface area contributed by atoms with Crippen LogP contribution < -0.4 is 0 Å². The highest BCUT2D eigenvalue weighted by atomic mass is 32.1. The summed E-state index contributed by atoms with van der Waals surface area (Å²) < 4.78 is 16.7. The number of halogens is 1. The van der Waals surface area contributed by atoms with Crippen LogP contribution in [0.4, 0.5) is 4.39 Å². The zero-order chi connectivity index (χ0) is 21.5. The molecule has 2 aromatic heterocycles. The third kappa shape index (κ3) is 3.64. The molecule has 0 bridgehead atoms. The van der Waals surface area contributed by atoms with Crippen molar-refractivity contribution in [3.63, 3.8) is 0 Å². The van der Waals surface area contributed by atoms with Gasteiger partial charge in [0.2, 0.25) is 4.96 Å². The Morgan fingerprint density at radius 2 is 1.61 bits per heavy atom. The molecule has 31 heavy (non-hydrogen) atoms. The summed E-state index contributed by atoms with van der Waals surface area (Å²) in [5.74, 6) is 0.440. The third-order valence-corrected chi connectivity index (χ3v) is 6.52. The van der Waals surface area contributed by atoms with Gasteiger partial charge in [0.05, 0.1) is 0 Å². The molecule has 0 unspecified atom stereocenters. The predicted octanol–water partition coefficient (Wildman–Crippen LogP) is 6.43. The smallest absolute Gasteiger partial charge is 0.206 e. The summed E-state index contributed by atoms with van der Waals surface area (Å²) in [5, 5.41) is 14.3. The summed E-state index contributed by atoms with van der Waals surface area (Å²) in [5.41, 5.74) is 5.69. The molecule has 1 atom stereocenters. The second-order valence-electron chi connectivity index (χ2n) is 7.86. The van der Waals surface area contributed by atoms with Crippen molar-refractivity contribution >= 4 is 16.3 Å². The van der Waals surface area contributed by atoms with E-state index in [1.54, 1.807) is 10.6 Å². The molecule has 5 rings (SSSR count). The van der Waals surface area contributed by atoms with E-state index in [0.29, 0.717) is 5.56 Å². The summed E-state index contributed by atoms with van der Waals surface area (Å²) >= 11 is 1.49. The number of hydrogen-bond donors (Lipinski definition) is 0. The number of aryl methyl sites for hydroxylation is 2. The van der Waals surface area contributed by atoms with E-state index in [9.17, 15) is 4.39 Å². The number of aromatic nitrogens is 4. The first-order chi connectivity index (χ1) is 15.0. The monoisotopic (exact) mass is 428 g/mol. The SMILES string of the molecule is Cc1cc(C)cc(-c2nnc3sc([C@H](C)c4ccc(-c5ccccc5)c(F)c4)nn23)c1. The Bertz CT molecular complexity index is 1370. The average Bonchev–Trinajstić information content (AvgIpc) is 3.34. The van der Waals surface area contributed by atoms with Crippen LogP contribution in [0.15, 0.2) is 66.7 Å². The van der Waals surface area contributed by atoms with Gasteiger partial charge in [-0.2, -0.15) is 9.61 Å². The maximum absolute atomic E-state index is 14.9. The van der Waals surface area contributed by atoms with Gasteiger partial charge >= 0.3 is 0 Å². The molecule has 0 saturated carbocycles. The fourth-order valence-corrected chi connectivity index (χ4v) is 4.80. The van der Waals surface area contributed by atoms with Crippen molar-refractivity contribution in [3.05, 3.63) is 94.2 Å². The van der Waals surface area contributed by atoms with Crippen LogP contribution in [-0.2, 0) is 0 Å². The Kier molecular flexibility index (Phi) is 4.87. The number of fused-ring (bicyclic) bond motifs is 1. The largest absolute Gasteiger partial charge is 0.234 e. The van der Waals surface area contributed by atoms with Gasteiger partial charge in [-0.15, -0.1) is 10.2 Å². The van der Waals surface area contributed by atoms with Gasteiger partial charge in [0.25, 0.3) is 0 Å². The van der Waals surface area contributed by atoms with Gasteiger partial charge in [0, 0.05) is 17.0 Å². The van der Waals surface area contributed by atoms with Crippen molar-refractivity contribution in [1.29, 1.82) is 0 Å². The lowest BCUT2D eigenvalue weighted by molar-refractivity contribution is 0.627. The second kappa shape index (κ2) is 7.71. The number of hydrogen-bond acceptors (Lipinski definition) is 4. The quantitative estimate of drug-likeness (QED) is 0.331. The van der Waals surface area contributed by atoms with E-state index < -0.39 is 0 Å². The van der Waals surface area contributed by atoms with Crippen LogP contribution in [0.25, 0.3) is 27.5 Å². The van der Waals surface area contributed by atoms with Gasteiger partial charge in [0.15, 0.2) is 5.82 Å². The molecule has 0 aliphatic carbocycles. The molecule has 0 N–H and O–H groups in total. The molecule has 3 aromatic carbocycles. The van der Waals surface area contributed by atoms with Gasteiger partial charge < -0.3 is 0 Å². The highest BCUT2D eigenvalue weighted by Crippen LogP contribution is 2.32. The van der Waals surface area contributed by atoms with Gasteiger partial charge in [-0.25, -0.2) is 4.39 Å². The molecule has 0 fully saturated rings. The van der Waals surface area contributed by atoms with Crippen molar-refractivity contribution in [2.24, 2.45) is 0 Å². The molecule has 0 radical (unpaired) electrons. The van der Waals surface area contributed by atoms with Gasteiger partial charge in [-0.3, -0.25) is 0 Å².